The van der Waals surface area contributed by atoms with Crippen LogP contribution in [0.3, 0.4) is 0 Å². The van der Waals surface area contributed by atoms with Gasteiger partial charge in [0.05, 0.1) is 5.41 Å². The third kappa shape index (κ3) is 4.63. The summed E-state index contributed by atoms with van der Waals surface area (Å²) in [6, 6.07) is 72.1. The molecule has 0 fully saturated rings. The highest BCUT2D eigenvalue weighted by atomic mass is 15.0. The Morgan fingerprint density at radius 3 is 1.25 bits per heavy atom. The highest BCUT2D eigenvalue weighted by Gasteiger charge is 2.52. The molecule has 0 amide bonds. The molecule has 1 spiro atoms. The van der Waals surface area contributed by atoms with Crippen molar-refractivity contribution in [2.75, 3.05) is 0 Å². The zero-order valence-corrected chi connectivity index (χ0v) is 30.9. The molecule has 0 bridgehead atoms. The molecule has 12 rings (SSSR count). The quantitative estimate of drug-likeness (QED) is 0.181. The van der Waals surface area contributed by atoms with Crippen LogP contribution in [0.5, 0.6) is 0 Å². The molecule has 10 aromatic rings. The monoisotopic (exact) mass is 723 g/mol. The molecule has 0 saturated carbocycles. The van der Waals surface area contributed by atoms with Gasteiger partial charge in [-0.1, -0.05) is 188 Å². The highest BCUT2D eigenvalue weighted by Crippen LogP contribution is 2.64. The Labute approximate surface area is 330 Å². The van der Waals surface area contributed by atoms with Gasteiger partial charge in [-0.2, -0.15) is 0 Å². The molecule has 0 unspecified atom stereocenters. The molecular weight excluding hydrogens is 691 g/mol. The first-order valence-electron chi connectivity index (χ1n) is 19.5. The summed E-state index contributed by atoms with van der Waals surface area (Å²) in [5.74, 6) is 1.93. The molecule has 1 heterocycles. The van der Waals surface area contributed by atoms with Gasteiger partial charge in [-0.25, -0.2) is 15.0 Å². The largest absolute Gasteiger partial charge is 0.208 e. The molecule has 0 aliphatic heterocycles. The maximum absolute atomic E-state index is 5.30. The van der Waals surface area contributed by atoms with Crippen molar-refractivity contribution in [2.24, 2.45) is 0 Å². The van der Waals surface area contributed by atoms with E-state index in [1.165, 1.54) is 55.3 Å². The number of hydrogen-bond acceptors (Lipinski definition) is 3. The molecule has 2 aliphatic carbocycles. The van der Waals surface area contributed by atoms with Crippen molar-refractivity contribution < 1.29 is 0 Å². The SMILES string of the molecule is c1ccc(-c2cccc3c2-c2ccccc2C32c3ccccc3-c3ccccc32)c(-c2nc(-c3ccc4ccccc4c3)nc(-c3ccc4ccccc4c3)n2)c1. The van der Waals surface area contributed by atoms with Gasteiger partial charge in [-0.3, -0.25) is 0 Å². The van der Waals surface area contributed by atoms with E-state index in [0.717, 1.165) is 38.6 Å². The molecule has 0 N–H and O–H groups in total. The fourth-order valence-electron chi connectivity index (χ4n) is 9.69. The maximum Gasteiger partial charge on any atom is 0.164 e. The first-order chi connectivity index (χ1) is 28.3. The Kier molecular flexibility index (Phi) is 6.84. The van der Waals surface area contributed by atoms with Crippen LogP contribution in [0.15, 0.2) is 200 Å². The van der Waals surface area contributed by atoms with Crippen molar-refractivity contribution in [3.8, 4) is 67.5 Å². The predicted molar refractivity (Wildman–Crippen MR) is 233 cm³/mol. The average molecular weight is 724 g/mol. The maximum atomic E-state index is 5.30. The van der Waals surface area contributed by atoms with E-state index in [9.17, 15) is 0 Å². The molecule has 0 saturated heterocycles. The molecule has 9 aromatic carbocycles. The topological polar surface area (TPSA) is 38.7 Å². The zero-order chi connectivity index (χ0) is 37.5. The summed E-state index contributed by atoms with van der Waals surface area (Å²) in [6.45, 7) is 0. The second-order valence-corrected chi connectivity index (χ2v) is 15.1. The van der Waals surface area contributed by atoms with E-state index in [1.54, 1.807) is 0 Å². The Bertz CT molecular complexity index is 3130. The summed E-state index contributed by atoms with van der Waals surface area (Å²) in [5, 5.41) is 4.65. The number of benzene rings is 9. The molecule has 0 atom stereocenters. The van der Waals surface area contributed by atoms with Crippen molar-refractivity contribution >= 4 is 21.5 Å². The number of nitrogens with zero attached hydrogens (tertiary/aromatic N) is 3. The van der Waals surface area contributed by atoms with Gasteiger partial charge in [-0.15, -0.1) is 0 Å². The fourth-order valence-corrected chi connectivity index (χ4v) is 9.69. The van der Waals surface area contributed by atoms with E-state index in [-0.39, 0.29) is 0 Å². The predicted octanol–water partition coefficient (Wildman–Crippen LogP) is 13.2. The summed E-state index contributed by atoms with van der Waals surface area (Å²) in [4.78, 5) is 15.8. The van der Waals surface area contributed by atoms with E-state index in [0.29, 0.717) is 17.5 Å². The second-order valence-electron chi connectivity index (χ2n) is 15.1. The number of aromatic nitrogens is 3. The minimum Gasteiger partial charge on any atom is -0.208 e. The summed E-state index contributed by atoms with van der Waals surface area (Å²) in [5.41, 5.74) is 15.1. The minimum atomic E-state index is -0.427. The second kappa shape index (κ2) is 12.3. The molecule has 57 heavy (non-hydrogen) atoms. The van der Waals surface area contributed by atoms with Crippen molar-refractivity contribution in [1.82, 2.24) is 15.0 Å². The fraction of sp³-hybridized carbons (Fsp3) is 0.0185. The van der Waals surface area contributed by atoms with E-state index >= 15 is 0 Å². The van der Waals surface area contributed by atoms with Gasteiger partial charge < -0.3 is 0 Å². The van der Waals surface area contributed by atoms with E-state index in [2.05, 4.69) is 200 Å². The van der Waals surface area contributed by atoms with Gasteiger partial charge in [0.15, 0.2) is 17.5 Å². The van der Waals surface area contributed by atoms with Crippen LogP contribution in [0.2, 0.25) is 0 Å². The number of fused-ring (bicyclic) bond motifs is 12. The molecule has 264 valence electrons. The van der Waals surface area contributed by atoms with Gasteiger partial charge in [0.1, 0.15) is 0 Å². The van der Waals surface area contributed by atoms with Crippen LogP contribution >= 0.6 is 0 Å². The van der Waals surface area contributed by atoms with Crippen LogP contribution in [-0.2, 0) is 5.41 Å². The average Bonchev–Trinajstić information content (AvgIpc) is 3.76. The van der Waals surface area contributed by atoms with Crippen LogP contribution < -0.4 is 0 Å². The Morgan fingerprint density at radius 2 is 0.667 bits per heavy atom. The summed E-state index contributed by atoms with van der Waals surface area (Å²) in [7, 11) is 0. The molecule has 0 radical (unpaired) electrons. The molecule has 2 aliphatic rings. The normalized spacial score (nSPS) is 13.1. The first kappa shape index (κ1) is 31.8. The molecule has 3 heteroatoms. The van der Waals surface area contributed by atoms with Crippen molar-refractivity contribution in [1.29, 1.82) is 0 Å². The lowest BCUT2D eigenvalue weighted by molar-refractivity contribution is 0.794. The number of rotatable bonds is 4. The standard InChI is InChI=1S/C54H33N3/c1-3-16-36-32-38(30-28-34(36)14-1)51-55-52(39-31-29-35-15-2-4-17-37(35)33-39)57-53(56-51)44-21-6-5-18-40(44)43-23-13-27-49-50(43)45-22-9-12-26-48(45)54(49)46-24-10-7-19-41(46)42-20-8-11-25-47(42)54/h1-33H. The minimum absolute atomic E-state index is 0.427. The van der Waals surface area contributed by atoms with E-state index < -0.39 is 5.41 Å². The lowest BCUT2D eigenvalue weighted by Crippen LogP contribution is -2.25. The van der Waals surface area contributed by atoms with Crippen LogP contribution in [0.25, 0.3) is 89.1 Å². The molecule has 3 nitrogen and oxygen atoms in total. The third-order valence-electron chi connectivity index (χ3n) is 12.1. The third-order valence-corrected chi connectivity index (χ3v) is 12.1. The lowest BCUT2D eigenvalue weighted by atomic mass is 9.70. The van der Waals surface area contributed by atoms with Gasteiger partial charge in [0.25, 0.3) is 0 Å². The van der Waals surface area contributed by atoms with E-state index in [4.69, 9.17) is 15.0 Å². The van der Waals surface area contributed by atoms with Crippen LogP contribution in [0.1, 0.15) is 22.3 Å². The smallest absolute Gasteiger partial charge is 0.164 e. The van der Waals surface area contributed by atoms with Crippen molar-refractivity contribution in [3.05, 3.63) is 222 Å². The number of hydrogen-bond donors (Lipinski definition) is 0. The summed E-state index contributed by atoms with van der Waals surface area (Å²) >= 11 is 0. The van der Waals surface area contributed by atoms with Crippen LogP contribution in [-0.4, -0.2) is 15.0 Å². The van der Waals surface area contributed by atoms with Crippen LogP contribution in [0.4, 0.5) is 0 Å². The summed E-state index contributed by atoms with van der Waals surface area (Å²) in [6.07, 6.45) is 0. The lowest BCUT2D eigenvalue weighted by Gasteiger charge is -2.30. The molecule has 1 aromatic heterocycles. The zero-order valence-electron chi connectivity index (χ0n) is 30.9. The molecular formula is C54H33N3. The van der Waals surface area contributed by atoms with Gasteiger partial charge in [-0.05, 0) is 89.3 Å². The summed E-state index contributed by atoms with van der Waals surface area (Å²) < 4.78 is 0. The van der Waals surface area contributed by atoms with Crippen LogP contribution in [0, 0.1) is 0 Å². The Morgan fingerprint density at radius 1 is 0.263 bits per heavy atom. The van der Waals surface area contributed by atoms with Gasteiger partial charge in [0.2, 0.25) is 0 Å². The Balaban J connectivity index is 1.10. The van der Waals surface area contributed by atoms with E-state index in [1.807, 2.05) is 0 Å². The highest BCUT2D eigenvalue weighted by molar-refractivity contribution is 6.01. The first-order valence-corrected chi connectivity index (χ1v) is 19.5. The van der Waals surface area contributed by atoms with Crippen molar-refractivity contribution in [2.45, 2.75) is 5.41 Å². The van der Waals surface area contributed by atoms with Gasteiger partial charge in [0, 0.05) is 16.7 Å². The van der Waals surface area contributed by atoms with Crippen molar-refractivity contribution in [3.63, 3.8) is 0 Å². The Hall–Kier alpha value is -7.49. The van der Waals surface area contributed by atoms with Gasteiger partial charge >= 0.3 is 0 Å².